The van der Waals surface area contributed by atoms with Crippen molar-refractivity contribution < 1.29 is 20.1 Å². The predicted octanol–water partition coefficient (Wildman–Crippen LogP) is 17.1. The first-order valence-electron chi connectivity index (χ1n) is 28.0. The minimum atomic E-state index is -0.746. The van der Waals surface area contributed by atoms with E-state index < -0.39 is 18.2 Å². The maximum Gasteiger partial charge on any atom is 0.222 e. The molecule has 1 amide bonds. The second-order valence-corrected chi connectivity index (χ2v) is 19.6. The molecule has 0 aliphatic carbocycles. The van der Waals surface area contributed by atoms with Crippen LogP contribution in [0.3, 0.4) is 0 Å². The lowest BCUT2D eigenvalue weighted by Gasteiger charge is -2.23. The fraction of sp³-hybridized carbons (Fsp3) is 0.946. The molecule has 5 nitrogen and oxygen atoms in total. The highest BCUT2D eigenvalue weighted by atomic mass is 16.3. The van der Waals surface area contributed by atoms with E-state index in [0.717, 1.165) is 25.7 Å². The van der Waals surface area contributed by atoms with Gasteiger partial charge in [0.2, 0.25) is 5.91 Å². The number of rotatable bonds is 52. The van der Waals surface area contributed by atoms with E-state index in [1.807, 2.05) is 0 Å². The number of allylic oxidation sites excluding steroid dienone is 2. The second kappa shape index (κ2) is 51.7. The zero-order valence-electron chi connectivity index (χ0n) is 41.6. The third-order valence-electron chi connectivity index (χ3n) is 13.3. The fourth-order valence-corrected chi connectivity index (χ4v) is 9.05. The Morgan fingerprint density at radius 2 is 0.656 bits per heavy atom. The van der Waals surface area contributed by atoms with Gasteiger partial charge in [-0.1, -0.05) is 283 Å². The van der Waals surface area contributed by atoms with Crippen LogP contribution in [0.5, 0.6) is 0 Å². The third kappa shape index (κ3) is 48.4. The van der Waals surface area contributed by atoms with Gasteiger partial charge in [0.1, 0.15) is 0 Å². The number of carbonyl (C=O) groups excluding carboxylic acids is 1. The maximum atomic E-state index is 12.5. The van der Waals surface area contributed by atoms with Crippen LogP contribution in [0.15, 0.2) is 12.2 Å². The molecule has 0 radical (unpaired) electrons. The average Bonchev–Trinajstić information content (AvgIpc) is 3.25. The average molecular weight is 863 g/mol. The molecule has 5 heteroatoms. The van der Waals surface area contributed by atoms with E-state index in [-0.39, 0.29) is 18.9 Å². The molecule has 3 atom stereocenters. The van der Waals surface area contributed by atoms with Crippen molar-refractivity contribution in [2.75, 3.05) is 6.61 Å². The molecule has 0 aromatic rings. The lowest BCUT2D eigenvalue weighted by atomic mass is 10.0. The predicted molar refractivity (Wildman–Crippen MR) is 269 cm³/mol. The van der Waals surface area contributed by atoms with Gasteiger partial charge in [-0.15, -0.1) is 0 Å². The summed E-state index contributed by atoms with van der Waals surface area (Å²) in [5.74, 6) is -0.277. The molecule has 0 heterocycles. The van der Waals surface area contributed by atoms with Crippen LogP contribution in [0.1, 0.15) is 316 Å². The van der Waals surface area contributed by atoms with Crippen molar-refractivity contribution >= 4 is 5.91 Å². The summed E-state index contributed by atoms with van der Waals surface area (Å²) in [5, 5.41) is 33.6. The number of unbranched alkanes of at least 4 members (excludes halogenated alkanes) is 41. The van der Waals surface area contributed by atoms with Crippen molar-refractivity contribution in [3.05, 3.63) is 12.2 Å². The van der Waals surface area contributed by atoms with Crippen LogP contribution >= 0.6 is 0 Å². The molecule has 0 spiro atoms. The molecule has 0 saturated carbocycles. The van der Waals surface area contributed by atoms with Crippen LogP contribution in [0.25, 0.3) is 0 Å². The summed E-state index contributed by atoms with van der Waals surface area (Å²) in [7, 11) is 0. The zero-order chi connectivity index (χ0) is 44.4. The molecule has 0 saturated heterocycles. The number of amides is 1. The van der Waals surface area contributed by atoms with Gasteiger partial charge >= 0.3 is 0 Å². The van der Waals surface area contributed by atoms with E-state index in [2.05, 4.69) is 31.3 Å². The van der Waals surface area contributed by atoms with Crippen molar-refractivity contribution in [1.29, 1.82) is 0 Å². The Kier molecular flexibility index (Phi) is 51.0. The molecule has 0 aliphatic rings. The van der Waals surface area contributed by atoms with Gasteiger partial charge in [-0.2, -0.15) is 0 Å². The summed E-state index contributed by atoms with van der Waals surface area (Å²) in [4.78, 5) is 12.5. The first-order chi connectivity index (χ1) is 30.0. The maximum absolute atomic E-state index is 12.5. The molecule has 0 bridgehead atoms. The largest absolute Gasteiger partial charge is 0.394 e. The van der Waals surface area contributed by atoms with Gasteiger partial charge in [0.25, 0.3) is 0 Å². The molecule has 0 aliphatic heterocycles. The number of aliphatic hydroxyl groups excluding tert-OH is 3. The SMILES string of the molecule is CCCCCCCCCCCCCC/C=C\CCCCCCCCCCCCCCCCC(O)CC(=O)NC(CO)C(O)CCCCCCCCCCCCCCCCCC. The monoisotopic (exact) mass is 862 g/mol. The molecule has 61 heavy (non-hydrogen) atoms. The molecule has 364 valence electrons. The molecule has 0 fully saturated rings. The smallest absolute Gasteiger partial charge is 0.222 e. The van der Waals surface area contributed by atoms with E-state index >= 15 is 0 Å². The zero-order valence-corrected chi connectivity index (χ0v) is 41.6. The highest BCUT2D eigenvalue weighted by molar-refractivity contribution is 5.76. The number of carbonyl (C=O) groups is 1. The van der Waals surface area contributed by atoms with E-state index in [1.54, 1.807) is 0 Å². The number of nitrogens with one attached hydrogen (secondary N) is 1. The molecule has 4 N–H and O–H groups in total. The minimum Gasteiger partial charge on any atom is -0.394 e. The summed E-state index contributed by atoms with van der Waals surface area (Å²) >= 11 is 0. The Morgan fingerprint density at radius 1 is 0.393 bits per heavy atom. The number of aliphatic hydroxyl groups is 3. The van der Waals surface area contributed by atoms with Crippen molar-refractivity contribution in [3.63, 3.8) is 0 Å². The molecular weight excluding hydrogens is 751 g/mol. The lowest BCUT2D eigenvalue weighted by Crippen LogP contribution is -2.46. The summed E-state index contributed by atoms with van der Waals surface area (Å²) < 4.78 is 0. The van der Waals surface area contributed by atoms with Gasteiger partial charge in [-0.3, -0.25) is 4.79 Å². The minimum absolute atomic E-state index is 0.0408. The van der Waals surface area contributed by atoms with E-state index in [4.69, 9.17) is 0 Å². The Bertz CT molecular complexity index is 864. The van der Waals surface area contributed by atoms with E-state index in [0.29, 0.717) is 12.8 Å². The fourth-order valence-electron chi connectivity index (χ4n) is 9.05. The van der Waals surface area contributed by atoms with Crippen LogP contribution in [-0.4, -0.2) is 46.1 Å². The quantitative estimate of drug-likeness (QED) is 0.0362. The summed E-state index contributed by atoms with van der Waals surface area (Å²) in [6.07, 6.45) is 63.7. The van der Waals surface area contributed by atoms with Crippen molar-refractivity contribution in [2.24, 2.45) is 0 Å². The Morgan fingerprint density at radius 3 is 0.951 bits per heavy atom. The van der Waals surface area contributed by atoms with Gasteiger partial charge in [-0.25, -0.2) is 0 Å². The lowest BCUT2D eigenvalue weighted by molar-refractivity contribution is -0.125. The van der Waals surface area contributed by atoms with Gasteiger partial charge < -0.3 is 20.6 Å². The molecule has 0 aromatic heterocycles. The second-order valence-electron chi connectivity index (χ2n) is 19.6. The number of hydrogen-bond acceptors (Lipinski definition) is 4. The summed E-state index contributed by atoms with van der Waals surface area (Å²) in [6, 6.07) is -0.655. The van der Waals surface area contributed by atoms with Crippen LogP contribution in [0.4, 0.5) is 0 Å². The third-order valence-corrected chi connectivity index (χ3v) is 13.3. The van der Waals surface area contributed by atoms with E-state index in [1.165, 1.54) is 257 Å². The Hall–Kier alpha value is -0.910. The topological polar surface area (TPSA) is 89.8 Å². The van der Waals surface area contributed by atoms with Crippen molar-refractivity contribution in [2.45, 2.75) is 334 Å². The first-order valence-corrected chi connectivity index (χ1v) is 28.0. The summed E-state index contributed by atoms with van der Waals surface area (Å²) in [5.41, 5.74) is 0. The van der Waals surface area contributed by atoms with Gasteiger partial charge in [0.15, 0.2) is 0 Å². The highest BCUT2D eigenvalue weighted by Crippen LogP contribution is 2.18. The van der Waals surface area contributed by atoms with Gasteiger partial charge in [0.05, 0.1) is 31.3 Å². The Balaban J connectivity index is 3.48. The first kappa shape index (κ1) is 60.1. The van der Waals surface area contributed by atoms with Crippen LogP contribution in [-0.2, 0) is 4.79 Å². The van der Waals surface area contributed by atoms with Gasteiger partial charge in [-0.05, 0) is 38.5 Å². The normalized spacial score (nSPS) is 13.3. The van der Waals surface area contributed by atoms with E-state index in [9.17, 15) is 20.1 Å². The van der Waals surface area contributed by atoms with Crippen LogP contribution in [0.2, 0.25) is 0 Å². The summed E-state index contributed by atoms with van der Waals surface area (Å²) in [6.45, 7) is 4.30. The molecular formula is C56H111NO4. The molecule has 0 rings (SSSR count). The van der Waals surface area contributed by atoms with Gasteiger partial charge in [0, 0.05) is 0 Å². The number of hydrogen-bond donors (Lipinski definition) is 4. The van der Waals surface area contributed by atoms with Crippen molar-refractivity contribution in [3.8, 4) is 0 Å². The molecule has 3 unspecified atom stereocenters. The standard InChI is InChI=1S/C56H111NO4/c1-3-5-7-9-11-13-15-17-19-21-22-23-24-25-26-27-28-29-30-31-32-33-34-35-37-39-41-43-45-47-49-53(59)51-56(61)57-54(52-58)55(60)50-48-46-44-42-40-38-36-20-18-16-14-12-10-8-6-4-2/h25-26,53-55,58-60H,3-24,27-52H2,1-2H3,(H,57,61)/b26-25-. The van der Waals surface area contributed by atoms with Crippen LogP contribution in [0, 0.1) is 0 Å². The van der Waals surface area contributed by atoms with Crippen molar-refractivity contribution in [1.82, 2.24) is 5.32 Å². The Labute approximate surface area is 382 Å². The van der Waals surface area contributed by atoms with Crippen LogP contribution < -0.4 is 5.32 Å². The molecule has 0 aromatic carbocycles. The highest BCUT2D eigenvalue weighted by Gasteiger charge is 2.21.